The molecule has 0 amide bonds. The summed E-state index contributed by atoms with van der Waals surface area (Å²) in [5.74, 6) is 3.70. The van der Waals surface area contributed by atoms with E-state index in [0.717, 1.165) is 28.7 Å². The number of aromatic hydroxyl groups is 1. The van der Waals surface area contributed by atoms with E-state index in [0.29, 0.717) is 23.5 Å². The van der Waals surface area contributed by atoms with Crippen LogP contribution in [0.3, 0.4) is 0 Å². The summed E-state index contributed by atoms with van der Waals surface area (Å²) in [6.07, 6.45) is 6.49. The van der Waals surface area contributed by atoms with Gasteiger partial charge in [-0.25, -0.2) is 4.79 Å². The normalized spacial score (nSPS) is 28.3. The molecule has 0 heterocycles. The topological polar surface area (TPSA) is 65.0 Å². The molecule has 0 aliphatic heterocycles. The number of benzene rings is 2. The molecule has 4 aliphatic carbocycles. The molecule has 2 aromatic rings. The molecule has 5 nitrogen and oxygen atoms in total. The van der Waals surface area contributed by atoms with Crippen molar-refractivity contribution in [2.45, 2.75) is 51.2 Å². The molecular weight excluding hydrogens is 416 g/mol. The lowest BCUT2D eigenvalue weighted by Gasteiger charge is -2.53. The third-order valence-corrected chi connectivity index (χ3v) is 7.58. The molecule has 4 bridgehead atoms. The second-order valence-corrected chi connectivity index (χ2v) is 10.1. The molecule has 33 heavy (non-hydrogen) atoms. The highest BCUT2D eigenvalue weighted by Crippen LogP contribution is 2.54. The summed E-state index contributed by atoms with van der Waals surface area (Å²) >= 11 is 0. The zero-order valence-electron chi connectivity index (χ0n) is 19.1. The van der Waals surface area contributed by atoms with Crippen LogP contribution in [0, 0.1) is 23.7 Å². The molecule has 0 radical (unpaired) electrons. The highest BCUT2D eigenvalue weighted by atomic mass is 16.7. The zero-order chi connectivity index (χ0) is 22.9. The highest BCUT2D eigenvalue weighted by Gasteiger charge is 2.48. The summed E-state index contributed by atoms with van der Waals surface area (Å²) in [5.41, 5.74) is 1.91. The Kier molecular flexibility index (Phi) is 6.15. The number of ether oxygens (including phenoxy) is 3. The van der Waals surface area contributed by atoms with Crippen LogP contribution in [0.1, 0.15) is 56.3 Å². The first kappa shape index (κ1) is 22.0. The Morgan fingerprint density at radius 2 is 1.48 bits per heavy atom. The first-order valence-electron chi connectivity index (χ1n) is 12.0. The second-order valence-electron chi connectivity index (χ2n) is 10.1. The van der Waals surface area contributed by atoms with Crippen molar-refractivity contribution >= 4 is 5.97 Å². The third-order valence-electron chi connectivity index (χ3n) is 7.58. The van der Waals surface area contributed by atoms with Gasteiger partial charge in [0, 0.05) is 5.57 Å². The van der Waals surface area contributed by atoms with Gasteiger partial charge in [0.15, 0.2) is 12.9 Å². The van der Waals surface area contributed by atoms with Crippen LogP contribution < -0.4 is 4.74 Å². The molecule has 6 rings (SSSR count). The minimum absolute atomic E-state index is 0.159. The molecule has 1 atom stereocenters. The maximum atomic E-state index is 12.2. The van der Waals surface area contributed by atoms with Gasteiger partial charge in [0.25, 0.3) is 0 Å². The predicted molar refractivity (Wildman–Crippen MR) is 125 cm³/mol. The number of phenolic OH excluding ortho intramolecular Hbond substituents is 1. The molecule has 5 heteroatoms. The Hall–Kier alpha value is -2.79. The molecule has 174 valence electrons. The van der Waals surface area contributed by atoms with Gasteiger partial charge >= 0.3 is 5.97 Å². The number of carbonyl (C=O) groups is 1. The standard InChI is InChI=1S/C28H32O5/c1-17(2)28(30)33-27(20-3-7-24(29)8-4-20)21-5-9-25(10-6-21)31-16-32-26-22-12-18-11-19(14-22)15-23(26)13-18/h3-10,18-19,22-23,26-27,29H,1,11-16H2,2H3. The van der Waals surface area contributed by atoms with E-state index in [1.54, 1.807) is 31.2 Å². The summed E-state index contributed by atoms with van der Waals surface area (Å²) in [6, 6.07) is 14.2. The van der Waals surface area contributed by atoms with E-state index in [9.17, 15) is 9.90 Å². The lowest BCUT2D eigenvalue weighted by molar-refractivity contribution is -0.155. The van der Waals surface area contributed by atoms with Crippen molar-refractivity contribution in [1.29, 1.82) is 0 Å². The first-order chi connectivity index (χ1) is 16.0. The summed E-state index contributed by atoms with van der Waals surface area (Å²) in [7, 11) is 0. The van der Waals surface area contributed by atoms with Crippen molar-refractivity contribution in [2.75, 3.05) is 6.79 Å². The molecule has 1 unspecified atom stereocenters. The Morgan fingerprint density at radius 3 is 2.03 bits per heavy atom. The fourth-order valence-electron chi connectivity index (χ4n) is 6.25. The Labute approximate surface area is 195 Å². The first-order valence-corrected chi connectivity index (χ1v) is 12.0. The van der Waals surface area contributed by atoms with Gasteiger partial charge in [0.05, 0.1) is 6.10 Å². The van der Waals surface area contributed by atoms with Crippen LogP contribution in [-0.4, -0.2) is 24.0 Å². The van der Waals surface area contributed by atoms with Crippen LogP contribution in [0.4, 0.5) is 0 Å². The van der Waals surface area contributed by atoms with E-state index in [4.69, 9.17) is 14.2 Å². The van der Waals surface area contributed by atoms with Crippen molar-refractivity contribution in [3.63, 3.8) is 0 Å². The van der Waals surface area contributed by atoms with Crippen molar-refractivity contribution in [3.8, 4) is 11.5 Å². The third kappa shape index (κ3) is 4.79. The van der Waals surface area contributed by atoms with Gasteiger partial charge in [-0.2, -0.15) is 0 Å². The molecule has 0 spiro atoms. The average Bonchev–Trinajstić information content (AvgIpc) is 2.80. The molecule has 1 N–H and O–H groups in total. The van der Waals surface area contributed by atoms with E-state index in [1.807, 2.05) is 24.3 Å². The predicted octanol–water partition coefficient (Wildman–Crippen LogP) is 5.78. The molecule has 4 fully saturated rings. The maximum Gasteiger partial charge on any atom is 0.334 e. The molecule has 2 aromatic carbocycles. The summed E-state index contributed by atoms with van der Waals surface area (Å²) in [5, 5.41) is 9.61. The minimum atomic E-state index is -0.604. The van der Waals surface area contributed by atoms with E-state index in [2.05, 4.69) is 6.58 Å². The fraction of sp³-hybridized carbons (Fsp3) is 0.464. The molecular formula is C28H32O5. The van der Waals surface area contributed by atoms with Crippen LogP contribution >= 0.6 is 0 Å². The van der Waals surface area contributed by atoms with Crippen molar-refractivity contribution in [3.05, 3.63) is 71.8 Å². The lowest BCUT2D eigenvalue weighted by Crippen LogP contribution is -2.49. The van der Waals surface area contributed by atoms with E-state index in [1.165, 1.54) is 32.1 Å². The molecule has 0 aromatic heterocycles. The SMILES string of the molecule is C=C(C)C(=O)OC(c1ccc(O)cc1)c1ccc(OCOC2C3CC4CC(C3)CC2C4)cc1. The highest BCUT2D eigenvalue weighted by molar-refractivity contribution is 5.87. The summed E-state index contributed by atoms with van der Waals surface area (Å²) in [4.78, 5) is 12.2. The van der Waals surface area contributed by atoms with Crippen LogP contribution in [-0.2, 0) is 14.3 Å². The van der Waals surface area contributed by atoms with Gasteiger partial charge in [0.2, 0.25) is 0 Å². The number of carbonyl (C=O) groups excluding carboxylic acids is 1. The van der Waals surface area contributed by atoms with Crippen LogP contribution in [0.5, 0.6) is 11.5 Å². The lowest BCUT2D eigenvalue weighted by atomic mass is 9.55. The van der Waals surface area contributed by atoms with Gasteiger partial charge in [-0.3, -0.25) is 0 Å². The fourth-order valence-corrected chi connectivity index (χ4v) is 6.25. The Bertz CT molecular complexity index is 966. The van der Waals surface area contributed by atoms with Gasteiger partial charge in [-0.1, -0.05) is 30.8 Å². The van der Waals surface area contributed by atoms with Gasteiger partial charge in [0.1, 0.15) is 11.5 Å². The number of hydrogen-bond donors (Lipinski definition) is 1. The number of hydrogen-bond acceptors (Lipinski definition) is 5. The average molecular weight is 449 g/mol. The molecule has 4 aliphatic rings. The van der Waals surface area contributed by atoms with Crippen LogP contribution in [0.2, 0.25) is 0 Å². The summed E-state index contributed by atoms with van der Waals surface area (Å²) in [6.45, 7) is 5.56. The monoisotopic (exact) mass is 448 g/mol. The van der Waals surface area contributed by atoms with Crippen molar-refractivity contribution in [1.82, 2.24) is 0 Å². The second kappa shape index (κ2) is 9.22. The largest absolute Gasteiger partial charge is 0.508 e. The zero-order valence-corrected chi connectivity index (χ0v) is 19.1. The number of esters is 1. The molecule has 0 saturated heterocycles. The Balaban J connectivity index is 1.22. The van der Waals surface area contributed by atoms with Crippen LogP contribution in [0.15, 0.2) is 60.7 Å². The molecule has 4 saturated carbocycles. The van der Waals surface area contributed by atoms with Crippen molar-refractivity contribution < 1.29 is 24.1 Å². The maximum absolute atomic E-state index is 12.2. The van der Waals surface area contributed by atoms with E-state index in [-0.39, 0.29) is 12.5 Å². The number of phenols is 1. The van der Waals surface area contributed by atoms with Gasteiger partial charge in [-0.15, -0.1) is 0 Å². The summed E-state index contributed by atoms with van der Waals surface area (Å²) < 4.78 is 17.8. The Morgan fingerprint density at radius 1 is 0.939 bits per heavy atom. The van der Waals surface area contributed by atoms with Gasteiger partial charge < -0.3 is 19.3 Å². The minimum Gasteiger partial charge on any atom is -0.508 e. The van der Waals surface area contributed by atoms with Gasteiger partial charge in [-0.05, 0) is 98.1 Å². The number of rotatable bonds is 8. The smallest absolute Gasteiger partial charge is 0.334 e. The van der Waals surface area contributed by atoms with Crippen LogP contribution in [0.25, 0.3) is 0 Å². The van der Waals surface area contributed by atoms with Crippen molar-refractivity contribution in [2.24, 2.45) is 23.7 Å². The van der Waals surface area contributed by atoms with E-state index < -0.39 is 12.1 Å². The quantitative estimate of drug-likeness (QED) is 0.315. The van der Waals surface area contributed by atoms with E-state index >= 15 is 0 Å².